The monoisotopic (exact) mass is 530 g/mol. The number of benzene rings is 2. The third kappa shape index (κ3) is 6.70. The Bertz CT molecular complexity index is 1330. The largest absolute Gasteiger partial charge is 0.488 e. The molecule has 2 unspecified atom stereocenters. The summed E-state index contributed by atoms with van der Waals surface area (Å²) in [5.41, 5.74) is 1.54. The van der Waals surface area contributed by atoms with Crippen LogP contribution in [0.4, 0.5) is 4.79 Å². The molecule has 0 N–H and O–H groups in total. The second kappa shape index (κ2) is 11.4. The molecule has 0 radical (unpaired) electrons. The van der Waals surface area contributed by atoms with Crippen molar-refractivity contribution in [2.45, 2.75) is 64.4 Å². The molecule has 0 bridgehead atoms. The van der Waals surface area contributed by atoms with Gasteiger partial charge in [0.2, 0.25) is 0 Å². The van der Waals surface area contributed by atoms with E-state index in [4.69, 9.17) is 29.3 Å². The number of hydrogen-bond donors (Lipinski definition) is 0. The molecular weight excluding hydrogens is 496 g/mol. The van der Waals surface area contributed by atoms with Gasteiger partial charge in [0.05, 0.1) is 24.4 Å². The third-order valence-corrected chi connectivity index (χ3v) is 6.57. The minimum absolute atomic E-state index is 0.129. The fourth-order valence-corrected chi connectivity index (χ4v) is 4.68. The van der Waals surface area contributed by atoms with Crippen LogP contribution >= 0.6 is 0 Å². The molecule has 0 aliphatic carbocycles. The van der Waals surface area contributed by atoms with E-state index < -0.39 is 5.60 Å². The molecule has 39 heavy (non-hydrogen) atoms. The molecule has 2 aromatic carbocycles. The zero-order valence-electron chi connectivity index (χ0n) is 22.6. The molecule has 9 nitrogen and oxygen atoms in total. The first-order valence-electron chi connectivity index (χ1n) is 13.4. The topological polar surface area (TPSA) is 98.8 Å². The zero-order chi connectivity index (χ0) is 27.4. The van der Waals surface area contributed by atoms with Crippen LogP contribution < -0.4 is 9.47 Å². The maximum absolute atomic E-state index is 12.5. The van der Waals surface area contributed by atoms with Gasteiger partial charge in [0.15, 0.2) is 5.75 Å². The number of carbonyl (C=O) groups is 1. The number of aromatic nitrogens is 2. The maximum Gasteiger partial charge on any atom is 0.410 e. The number of carbonyl (C=O) groups excluding carboxylic acids is 1. The molecule has 5 rings (SSSR count). The lowest BCUT2D eigenvalue weighted by Gasteiger charge is -2.24. The van der Waals surface area contributed by atoms with Crippen molar-refractivity contribution in [2.75, 3.05) is 19.7 Å². The normalized spacial score (nSPS) is 19.4. The van der Waals surface area contributed by atoms with Crippen LogP contribution in [-0.2, 0) is 9.47 Å². The summed E-state index contributed by atoms with van der Waals surface area (Å²) in [6, 6.07) is 16.8. The highest BCUT2D eigenvalue weighted by atomic mass is 16.6. The van der Waals surface area contributed by atoms with Gasteiger partial charge in [-0.3, -0.25) is 0 Å². The Kier molecular flexibility index (Phi) is 7.75. The van der Waals surface area contributed by atoms with Gasteiger partial charge in [-0.25, -0.2) is 9.48 Å². The van der Waals surface area contributed by atoms with Gasteiger partial charge in [-0.15, -0.1) is 0 Å². The van der Waals surface area contributed by atoms with E-state index in [9.17, 15) is 4.79 Å². The molecule has 2 aliphatic rings. The summed E-state index contributed by atoms with van der Waals surface area (Å²) < 4.78 is 25.8. The first-order valence-corrected chi connectivity index (χ1v) is 13.4. The van der Waals surface area contributed by atoms with Crippen molar-refractivity contribution in [3.8, 4) is 34.6 Å². The first-order chi connectivity index (χ1) is 18.8. The van der Waals surface area contributed by atoms with Crippen LogP contribution in [-0.4, -0.2) is 52.2 Å². The average molecular weight is 531 g/mol. The van der Waals surface area contributed by atoms with Gasteiger partial charge in [0.1, 0.15) is 35.1 Å². The molecule has 2 aliphatic heterocycles. The summed E-state index contributed by atoms with van der Waals surface area (Å²) in [5.74, 6) is 1.89. The Hall–Kier alpha value is -4.03. The van der Waals surface area contributed by atoms with Crippen molar-refractivity contribution >= 4 is 6.09 Å². The molecule has 3 aromatic rings. The van der Waals surface area contributed by atoms with E-state index in [0.29, 0.717) is 48.2 Å². The third-order valence-electron chi connectivity index (χ3n) is 6.57. The minimum Gasteiger partial charge on any atom is -0.488 e. The number of hydrogen-bond acceptors (Lipinski definition) is 7. The van der Waals surface area contributed by atoms with E-state index in [-0.39, 0.29) is 18.4 Å². The highest BCUT2D eigenvalue weighted by molar-refractivity contribution is 5.69. The van der Waals surface area contributed by atoms with E-state index in [1.165, 1.54) is 0 Å². The fourth-order valence-electron chi connectivity index (χ4n) is 4.68. The summed E-state index contributed by atoms with van der Waals surface area (Å²) >= 11 is 0. The lowest BCUT2D eigenvalue weighted by Crippen LogP contribution is -2.36. The number of nitrogens with zero attached hydrogens (tertiary/aromatic N) is 4. The first kappa shape index (κ1) is 26.6. The Labute approximate surface area is 228 Å². The van der Waals surface area contributed by atoms with Gasteiger partial charge >= 0.3 is 6.09 Å². The van der Waals surface area contributed by atoms with Crippen LogP contribution in [0, 0.1) is 11.3 Å². The Morgan fingerprint density at radius 2 is 1.92 bits per heavy atom. The number of nitriles is 1. The summed E-state index contributed by atoms with van der Waals surface area (Å²) in [5, 5.41) is 14.0. The zero-order valence-corrected chi connectivity index (χ0v) is 22.6. The molecule has 3 heterocycles. The summed E-state index contributed by atoms with van der Waals surface area (Å²) in [4.78, 5) is 14.1. The van der Waals surface area contributed by atoms with E-state index in [0.717, 1.165) is 31.2 Å². The van der Waals surface area contributed by atoms with Gasteiger partial charge < -0.3 is 23.8 Å². The van der Waals surface area contributed by atoms with E-state index in [1.54, 1.807) is 29.2 Å². The summed E-state index contributed by atoms with van der Waals surface area (Å²) in [6.45, 7) is 7.36. The van der Waals surface area contributed by atoms with Gasteiger partial charge in [-0.1, -0.05) is 12.1 Å². The van der Waals surface area contributed by atoms with E-state index in [1.807, 2.05) is 55.9 Å². The molecule has 9 heteroatoms. The smallest absolute Gasteiger partial charge is 0.410 e. The van der Waals surface area contributed by atoms with Crippen molar-refractivity contribution < 1.29 is 23.7 Å². The average Bonchev–Trinajstić information content (AvgIpc) is 3.56. The Morgan fingerprint density at radius 3 is 2.64 bits per heavy atom. The predicted octanol–water partition coefficient (Wildman–Crippen LogP) is 6.30. The van der Waals surface area contributed by atoms with Gasteiger partial charge in [-0.05, 0) is 76.4 Å². The summed E-state index contributed by atoms with van der Waals surface area (Å²) in [7, 11) is 0. The number of amides is 1. The molecular formula is C30H34N4O5. The Morgan fingerprint density at radius 1 is 1.10 bits per heavy atom. The molecule has 2 atom stereocenters. The van der Waals surface area contributed by atoms with Crippen molar-refractivity contribution in [1.29, 1.82) is 5.26 Å². The summed E-state index contributed by atoms with van der Waals surface area (Å²) in [6.07, 6.45) is 5.01. The second-order valence-electron chi connectivity index (χ2n) is 10.9. The molecule has 1 amide bonds. The standard InChI is InChI=1S/C30H34N4O5/c1-30(2,3)39-29(35)33-15-14-25(19-33)37-24-8-6-7-22(17-24)28-26(38-23-12-10-21(18-31)11-13-23)20-34(32-28)27-9-4-5-16-36-27/h6-8,10-13,17,20,25,27H,4-5,9,14-16,19H2,1-3H3. The van der Waals surface area contributed by atoms with Gasteiger partial charge in [0, 0.05) is 25.1 Å². The maximum atomic E-state index is 12.5. The van der Waals surface area contributed by atoms with Crippen molar-refractivity contribution in [1.82, 2.24) is 14.7 Å². The van der Waals surface area contributed by atoms with Crippen LogP contribution in [0.2, 0.25) is 0 Å². The van der Waals surface area contributed by atoms with Gasteiger partial charge in [-0.2, -0.15) is 10.4 Å². The molecule has 0 spiro atoms. The highest BCUT2D eigenvalue weighted by Gasteiger charge is 2.31. The Balaban J connectivity index is 1.35. The number of likely N-dealkylation sites (tertiary alicyclic amines) is 1. The highest BCUT2D eigenvalue weighted by Crippen LogP contribution is 2.36. The van der Waals surface area contributed by atoms with Crippen LogP contribution in [0.1, 0.15) is 58.2 Å². The lowest BCUT2D eigenvalue weighted by atomic mass is 10.1. The molecule has 1 aromatic heterocycles. The van der Waals surface area contributed by atoms with Crippen LogP contribution in [0.25, 0.3) is 11.3 Å². The molecule has 2 saturated heterocycles. The lowest BCUT2D eigenvalue weighted by molar-refractivity contribution is -0.0394. The molecule has 204 valence electrons. The molecule has 2 fully saturated rings. The van der Waals surface area contributed by atoms with E-state index in [2.05, 4.69) is 6.07 Å². The van der Waals surface area contributed by atoms with Crippen LogP contribution in [0.5, 0.6) is 17.2 Å². The van der Waals surface area contributed by atoms with Gasteiger partial charge in [0.25, 0.3) is 0 Å². The quantitative estimate of drug-likeness (QED) is 0.369. The number of rotatable bonds is 6. The van der Waals surface area contributed by atoms with Crippen LogP contribution in [0.3, 0.4) is 0 Å². The van der Waals surface area contributed by atoms with Crippen molar-refractivity contribution in [3.05, 3.63) is 60.3 Å². The SMILES string of the molecule is CC(C)(C)OC(=O)N1CCC(Oc2cccc(-c3nn(C4CCCCO4)cc3Oc3ccc(C#N)cc3)c2)C1. The second-order valence-corrected chi connectivity index (χ2v) is 10.9. The molecule has 0 saturated carbocycles. The fraction of sp³-hybridized carbons (Fsp3) is 0.433. The van der Waals surface area contributed by atoms with Crippen LogP contribution in [0.15, 0.2) is 54.7 Å². The number of ether oxygens (including phenoxy) is 4. The van der Waals surface area contributed by atoms with Crippen molar-refractivity contribution in [2.24, 2.45) is 0 Å². The van der Waals surface area contributed by atoms with Crippen molar-refractivity contribution in [3.63, 3.8) is 0 Å². The van der Waals surface area contributed by atoms with E-state index >= 15 is 0 Å². The minimum atomic E-state index is -0.534. The predicted molar refractivity (Wildman–Crippen MR) is 145 cm³/mol.